The van der Waals surface area contributed by atoms with E-state index in [-0.39, 0.29) is 25.7 Å². The molecule has 0 aliphatic heterocycles. The molecule has 19 heteroatoms. The maximum atomic E-state index is 13.0. The molecule has 0 bridgehead atoms. The normalized spacial score (nSPS) is 14.1. The molecule has 85 heavy (non-hydrogen) atoms. The van der Waals surface area contributed by atoms with E-state index < -0.39 is 97.5 Å². The summed E-state index contributed by atoms with van der Waals surface area (Å²) < 4.78 is 67.9. The lowest BCUT2D eigenvalue weighted by atomic mass is 10.0. The van der Waals surface area contributed by atoms with Crippen LogP contribution >= 0.6 is 15.6 Å². The number of rotatable bonds is 67. The minimum Gasteiger partial charge on any atom is -0.462 e. The Morgan fingerprint density at radius 3 is 0.694 bits per heavy atom. The van der Waals surface area contributed by atoms with Crippen LogP contribution in [0.2, 0.25) is 0 Å². The summed E-state index contributed by atoms with van der Waals surface area (Å²) in [6.07, 6.45) is 47.4. The molecule has 0 aromatic carbocycles. The first-order valence-corrected chi connectivity index (χ1v) is 37.8. The monoisotopic (exact) mass is 1250 g/mol. The van der Waals surface area contributed by atoms with Crippen molar-refractivity contribution < 1.29 is 80.2 Å². The Morgan fingerprint density at radius 2 is 0.471 bits per heavy atom. The van der Waals surface area contributed by atoms with Gasteiger partial charge in [-0.2, -0.15) is 0 Å². The number of aliphatic hydroxyl groups excluding tert-OH is 1. The number of carbonyl (C=O) groups is 4. The van der Waals surface area contributed by atoms with Gasteiger partial charge in [0.05, 0.1) is 26.4 Å². The van der Waals surface area contributed by atoms with Gasteiger partial charge >= 0.3 is 39.5 Å². The van der Waals surface area contributed by atoms with E-state index >= 15 is 0 Å². The third-order valence-corrected chi connectivity index (χ3v) is 17.3. The van der Waals surface area contributed by atoms with Gasteiger partial charge in [0.2, 0.25) is 0 Å². The lowest BCUT2D eigenvalue weighted by Gasteiger charge is -2.21. The van der Waals surface area contributed by atoms with Crippen LogP contribution in [0.3, 0.4) is 0 Å². The number of phosphoric acid groups is 2. The fourth-order valence-electron chi connectivity index (χ4n) is 9.99. The summed E-state index contributed by atoms with van der Waals surface area (Å²) in [6.45, 7) is 4.85. The Morgan fingerprint density at radius 1 is 0.282 bits per heavy atom. The maximum Gasteiger partial charge on any atom is 0.472 e. The van der Waals surface area contributed by atoms with Crippen molar-refractivity contribution in [3.63, 3.8) is 0 Å². The molecule has 504 valence electrons. The SMILES string of the molecule is CCCCCCCCCCCCCCCCCCCCCC(=O)O[C@H](COC(=O)CCCCCCCCCCC)COP(=O)(O)OC[C@@H](O)COP(=O)(O)OC[C@@H](COC(=O)CCCCCCCCCC)OC(=O)CCCCCCCCCCC. The van der Waals surface area contributed by atoms with E-state index in [0.29, 0.717) is 25.7 Å². The highest BCUT2D eigenvalue weighted by atomic mass is 31.2. The quantitative estimate of drug-likeness (QED) is 0.0222. The van der Waals surface area contributed by atoms with Crippen molar-refractivity contribution in [3.8, 4) is 0 Å². The first-order valence-electron chi connectivity index (χ1n) is 34.8. The number of phosphoric ester groups is 2. The fraction of sp³-hybridized carbons (Fsp3) is 0.939. The highest BCUT2D eigenvalue weighted by molar-refractivity contribution is 7.47. The molecule has 0 heterocycles. The molecule has 3 N–H and O–H groups in total. The van der Waals surface area contributed by atoms with E-state index in [2.05, 4.69) is 27.7 Å². The summed E-state index contributed by atoms with van der Waals surface area (Å²) >= 11 is 0. The molecule has 0 amide bonds. The molecule has 0 saturated carbocycles. The molecule has 0 spiro atoms. The molecule has 0 rings (SSSR count). The van der Waals surface area contributed by atoms with E-state index in [1.165, 1.54) is 167 Å². The van der Waals surface area contributed by atoms with Gasteiger partial charge in [-0.1, -0.05) is 291 Å². The molecule has 5 atom stereocenters. The third-order valence-electron chi connectivity index (χ3n) is 15.4. The van der Waals surface area contributed by atoms with E-state index in [4.69, 9.17) is 37.0 Å². The molecule has 17 nitrogen and oxygen atoms in total. The minimum atomic E-state index is -4.94. The largest absolute Gasteiger partial charge is 0.472 e. The van der Waals surface area contributed by atoms with Crippen molar-refractivity contribution in [2.24, 2.45) is 0 Å². The average Bonchev–Trinajstić information content (AvgIpc) is 3.54. The van der Waals surface area contributed by atoms with E-state index in [1.807, 2.05) is 0 Å². The number of hydrogen-bond donors (Lipinski definition) is 3. The predicted molar refractivity (Wildman–Crippen MR) is 340 cm³/mol. The highest BCUT2D eigenvalue weighted by Crippen LogP contribution is 2.45. The first kappa shape index (κ1) is 83.1. The van der Waals surface area contributed by atoms with Gasteiger partial charge in [0.1, 0.15) is 19.3 Å². The number of hydrogen-bond acceptors (Lipinski definition) is 15. The molecule has 0 aliphatic carbocycles. The standard InChI is InChI=1S/C66H128O17P2/c1-5-9-13-17-21-25-26-27-28-29-30-31-32-33-34-37-41-45-49-53-66(71)83-62(57-77-64(69)51-47-43-39-35-22-18-14-10-6-2)59-81-85(74,75)79-55-60(67)54-78-84(72,73)80-58-61(56-76-63(68)50-46-42-38-24-20-16-12-8-4)82-65(70)52-48-44-40-36-23-19-15-11-7-3/h60-62,67H,5-59H2,1-4H3,(H,72,73)(H,74,75)/t60-,61+,62+/m0/s1. The Labute approximate surface area is 517 Å². The number of esters is 4. The number of unbranched alkanes of at least 4 members (excludes halogenated alkanes) is 41. The van der Waals surface area contributed by atoms with Crippen LogP contribution in [0.15, 0.2) is 0 Å². The fourth-order valence-corrected chi connectivity index (χ4v) is 11.6. The average molecular weight is 1260 g/mol. The smallest absolute Gasteiger partial charge is 0.462 e. The second-order valence-electron chi connectivity index (χ2n) is 23.9. The molecule has 0 fully saturated rings. The summed E-state index contributed by atoms with van der Waals surface area (Å²) in [6, 6.07) is 0. The van der Waals surface area contributed by atoms with Crippen LogP contribution in [0, 0.1) is 0 Å². The summed E-state index contributed by atoms with van der Waals surface area (Å²) in [5, 5.41) is 10.5. The van der Waals surface area contributed by atoms with Crippen molar-refractivity contribution in [1.29, 1.82) is 0 Å². The van der Waals surface area contributed by atoms with Gasteiger partial charge in [-0.3, -0.25) is 37.3 Å². The van der Waals surface area contributed by atoms with Crippen molar-refractivity contribution in [3.05, 3.63) is 0 Å². The van der Waals surface area contributed by atoms with Crippen LogP contribution in [-0.4, -0.2) is 96.7 Å². The second kappa shape index (κ2) is 60.9. The Hall–Kier alpha value is -1.94. The van der Waals surface area contributed by atoms with Crippen molar-refractivity contribution >= 4 is 39.5 Å². The van der Waals surface area contributed by atoms with Gasteiger partial charge < -0.3 is 33.8 Å². The number of carbonyl (C=O) groups excluding carboxylic acids is 4. The van der Waals surface area contributed by atoms with Crippen LogP contribution in [0.25, 0.3) is 0 Å². The third kappa shape index (κ3) is 60.7. The van der Waals surface area contributed by atoms with E-state index in [9.17, 15) is 43.2 Å². The van der Waals surface area contributed by atoms with Gasteiger partial charge in [0.15, 0.2) is 12.2 Å². The topological polar surface area (TPSA) is 237 Å². The molecule has 0 radical (unpaired) electrons. The van der Waals surface area contributed by atoms with Gasteiger partial charge in [0, 0.05) is 25.7 Å². The lowest BCUT2D eigenvalue weighted by Crippen LogP contribution is -2.30. The molecular weight excluding hydrogens is 1130 g/mol. The van der Waals surface area contributed by atoms with E-state index in [0.717, 1.165) is 96.3 Å². The van der Waals surface area contributed by atoms with Gasteiger partial charge in [-0.25, -0.2) is 9.13 Å². The Bertz CT molecular complexity index is 1640. The van der Waals surface area contributed by atoms with Crippen LogP contribution in [0.4, 0.5) is 0 Å². The predicted octanol–water partition coefficient (Wildman–Crippen LogP) is 18.7. The van der Waals surface area contributed by atoms with Crippen molar-refractivity contribution in [1.82, 2.24) is 0 Å². The van der Waals surface area contributed by atoms with Gasteiger partial charge in [-0.05, 0) is 25.7 Å². The molecule has 0 aliphatic rings. The van der Waals surface area contributed by atoms with Crippen LogP contribution < -0.4 is 0 Å². The summed E-state index contributed by atoms with van der Waals surface area (Å²) in [5.41, 5.74) is 0. The summed E-state index contributed by atoms with van der Waals surface area (Å²) in [5.74, 6) is -2.13. The maximum absolute atomic E-state index is 13.0. The summed E-state index contributed by atoms with van der Waals surface area (Å²) in [4.78, 5) is 72.1. The van der Waals surface area contributed by atoms with Gasteiger partial charge in [-0.15, -0.1) is 0 Å². The zero-order valence-electron chi connectivity index (χ0n) is 54.6. The van der Waals surface area contributed by atoms with Crippen molar-refractivity contribution in [2.45, 2.75) is 361 Å². The molecule has 2 unspecified atom stereocenters. The van der Waals surface area contributed by atoms with Crippen molar-refractivity contribution in [2.75, 3.05) is 39.6 Å². The Kier molecular flexibility index (Phi) is 59.6. The van der Waals surface area contributed by atoms with Crippen LogP contribution in [0.1, 0.15) is 342 Å². The Balaban J connectivity index is 5.13. The molecular formula is C66H128O17P2. The molecule has 0 saturated heterocycles. The van der Waals surface area contributed by atoms with Gasteiger partial charge in [0.25, 0.3) is 0 Å². The zero-order chi connectivity index (χ0) is 62.6. The minimum absolute atomic E-state index is 0.106. The lowest BCUT2D eigenvalue weighted by molar-refractivity contribution is -0.161. The number of ether oxygens (including phenoxy) is 4. The molecule has 0 aromatic rings. The first-order chi connectivity index (χ1) is 41.2. The number of aliphatic hydroxyl groups is 1. The highest BCUT2D eigenvalue weighted by Gasteiger charge is 2.30. The van der Waals surface area contributed by atoms with E-state index in [1.54, 1.807) is 0 Å². The van der Waals surface area contributed by atoms with Crippen LogP contribution in [0.5, 0.6) is 0 Å². The summed E-state index contributed by atoms with van der Waals surface area (Å²) in [7, 11) is -9.88. The zero-order valence-corrected chi connectivity index (χ0v) is 56.4. The second-order valence-corrected chi connectivity index (χ2v) is 26.8. The van der Waals surface area contributed by atoms with Crippen LogP contribution in [-0.2, 0) is 65.4 Å². The molecule has 0 aromatic heterocycles.